The summed E-state index contributed by atoms with van der Waals surface area (Å²) in [6.45, 7) is 3.87. The number of hydrogen-bond donors (Lipinski definition) is 0. The van der Waals surface area contributed by atoms with E-state index >= 15 is 0 Å². The summed E-state index contributed by atoms with van der Waals surface area (Å²) in [6, 6.07) is 0. The summed E-state index contributed by atoms with van der Waals surface area (Å²) in [5.74, 6) is 0.631. The van der Waals surface area contributed by atoms with Gasteiger partial charge in [0.2, 0.25) is 5.90 Å². The molecule has 0 aromatic carbocycles. The summed E-state index contributed by atoms with van der Waals surface area (Å²) in [7, 11) is 7.39. The molecule has 0 aromatic rings. The summed E-state index contributed by atoms with van der Waals surface area (Å²) in [4.78, 5) is 4.27. The van der Waals surface area contributed by atoms with Gasteiger partial charge in [-0.1, -0.05) is 6.08 Å². The second-order valence-electron chi connectivity index (χ2n) is 2.73. The molecule has 0 saturated heterocycles. The molecule has 2 nitrogen and oxygen atoms in total. The molecule has 0 N–H and O–H groups in total. The number of allylic oxidation sites excluding steroid dienone is 2. The van der Waals surface area contributed by atoms with Crippen molar-refractivity contribution in [1.82, 2.24) is 0 Å². The zero-order valence-corrected chi connectivity index (χ0v) is 7.72. The Kier molecular flexibility index (Phi) is 2.74. The van der Waals surface area contributed by atoms with Gasteiger partial charge in [0, 0.05) is 17.7 Å². The van der Waals surface area contributed by atoms with Gasteiger partial charge in [-0.05, 0) is 13.8 Å². The van der Waals surface area contributed by atoms with Crippen LogP contribution >= 0.6 is 0 Å². The average molecular weight is 161 g/mol. The SMILES string of the molecule is [B]C1=C(C)C(OC)=NC(=CC)C1. The second-order valence-corrected chi connectivity index (χ2v) is 2.73. The van der Waals surface area contributed by atoms with E-state index in [2.05, 4.69) is 4.99 Å². The fourth-order valence-electron chi connectivity index (χ4n) is 1.08. The first kappa shape index (κ1) is 9.11. The molecule has 0 spiro atoms. The molecule has 62 valence electrons. The Morgan fingerprint density at radius 1 is 1.58 bits per heavy atom. The predicted molar refractivity (Wildman–Crippen MR) is 51.3 cm³/mol. The lowest BCUT2D eigenvalue weighted by atomic mass is 9.85. The maximum atomic E-state index is 5.79. The van der Waals surface area contributed by atoms with Crippen molar-refractivity contribution in [2.45, 2.75) is 20.3 Å². The fraction of sp³-hybridized carbons (Fsp3) is 0.444. The maximum Gasteiger partial charge on any atom is 0.215 e. The molecule has 0 unspecified atom stereocenters. The zero-order valence-electron chi connectivity index (χ0n) is 7.72. The lowest BCUT2D eigenvalue weighted by Gasteiger charge is -2.16. The maximum absolute atomic E-state index is 5.79. The van der Waals surface area contributed by atoms with E-state index in [1.165, 1.54) is 0 Å². The van der Waals surface area contributed by atoms with Gasteiger partial charge in [0.15, 0.2) is 0 Å². The largest absolute Gasteiger partial charge is 0.481 e. The van der Waals surface area contributed by atoms with Crippen LogP contribution in [0, 0.1) is 0 Å². The van der Waals surface area contributed by atoms with Crippen LogP contribution in [0.1, 0.15) is 20.3 Å². The van der Waals surface area contributed by atoms with E-state index < -0.39 is 0 Å². The number of methoxy groups -OCH3 is 1. The van der Waals surface area contributed by atoms with E-state index in [0.717, 1.165) is 23.2 Å². The van der Waals surface area contributed by atoms with Gasteiger partial charge < -0.3 is 4.74 Å². The first-order valence-electron chi connectivity index (χ1n) is 3.92. The summed E-state index contributed by atoms with van der Waals surface area (Å²) in [5, 5.41) is 0. The Bertz CT molecular complexity index is 276. The Morgan fingerprint density at radius 3 is 2.75 bits per heavy atom. The zero-order chi connectivity index (χ0) is 9.14. The van der Waals surface area contributed by atoms with Crippen LogP contribution in [0.25, 0.3) is 0 Å². The van der Waals surface area contributed by atoms with Gasteiger partial charge in [-0.25, -0.2) is 4.99 Å². The molecular formula is C9H12BNO. The number of aliphatic imine (C=N–C) groups is 1. The van der Waals surface area contributed by atoms with Gasteiger partial charge in [0.25, 0.3) is 0 Å². The average Bonchev–Trinajstić information content (AvgIpc) is 2.09. The van der Waals surface area contributed by atoms with Crippen LogP contribution in [0.4, 0.5) is 0 Å². The molecule has 1 aliphatic heterocycles. The third-order valence-electron chi connectivity index (χ3n) is 1.95. The fourth-order valence-corrected chi connectivity index (χ4v) is 1.08. The van der Waals surface area contributed by atoms with Crippen molar-refractivity contribution in [3.8, 4) is 0 Å². The minimum Gasteiger partial charge on any atom is -0.481 e. The number of dihydropyridines is 1. The van der Waals surface area contributed by atoms with Crippen LogP contribution in [-0.2, 0) is 4.74 Å². The number of rotatable bonds is 0. The Balaban J connectivity index is 3.01. The van der Waals surface area contributed by atoms with E-state index in [4.69, 9.17) is 12.6 Å². The highest BCUT2D eigenvalue weighted by molar-refractivity contribution is 6.25. The summed E-state index contributed by atoms with van der Waals surface area (Å²) in [6.07, 6.45) is 2.67. The van der Waals surface area contributed by atoms with Crippen LogP contribution in [-0.4, -0.2) is 20.9 Å². The van der Waals surface area contributed by atoms with Crippen molar-refractivity contribution < 1.29 is 4.74 Å². The Morgan fingerprint density at radius 2 is 2.25 bits per heavy atom. The second kappa shape index (κ2) is 3.61. The molecule has 0 bridgehead atoms. The van der Waals surface area contributed by atoms with Crippen molar-refractivity contribution in [3.63, 3.8) is 0 Å². The first-order valence-corrected chi connectivity index (χ1v) is 3.92. The Hall–Kier alpha value is -0.985. The van der Waals surface area contributed by atoms with Crippen LogP contribution in [0.3, 0.4) is 0 Å². The monoisotopic (exact) mass is 161 g/mol. The van der Waals surface area contributed by atoms with Gasteiger partial charge in [-0.2, -0.15) is 0 Å². The van der Waals surface area contributed by atoms with E-state index in [1.807, 2.05) is 19.9 Å². The van der Waals surface area contributed by atoms with E-state index in [-0.39, 0.29) is 0 Å². The lowest BCUT2D eigenvalue weighted by molar-refractivity contribution is 0.401. The first-order chi connectivity index (χ1) is 5.69. The van der Waals surface area contributed by atoms with Crippen LogP contribution in [0.5, 0.6) is 0 Å². The van der Waals surface area contributed by atoms with E-state index in [1.54, 1.807) is 7.11 Å². The number of nitrogens with zero attached hydrogens (tertiary/aromatic N) is 1. The molecular weight excluding hydrogens is 149 g/mol. The standard InChI is InChI=1S/C9H12BNO/c1-4-7-5-8(10)6(2)9(11-7)12-3/h4H,5H2,1-3H3. The molecule has 0 aromatic heterocycles. The van der Waals surface area contributed by atoms with Gasteiger partial charge in [0.05, 0.1) is 7.11 Å². The van der Waals surface area contributed by atoms with Gasteiger partial charge in [-0.15, -0.1) is 5.47 Å². The molecule has 1 rings (SSSR count). The van der Waals surface area contributed by atoms with E-state index in [0.29, 0.717) is 5.90 Å². The third-order valence-corrected chi connectivity index (χ3v) is 1.95. The molecule has 1 aliphatic rings. The molecule has 0 amide bonds. The molecule has 12 heavy (non-hydrogen) atoms. The van der Waals surface area contributed by atoms with Crippen LogP contribution < -0.4 is 0 Å². The molecule has 0 aliphatic carbocycles. The molecule has 1 heterocycles. The molecule has 3 heteroatoms. The highest BCUT2D eigenvalue weighted by Gasteiger charge is 2.12. The van der Waals surface area contributed by atoms with E-state index in [9.17, 15) is 0 Å². The van der Waals surface area contributed by atoms with Gasteiger partial charge in [-0.3, -0.25) is 0 Å². The van der Waals surface area contributed by atoms with Crippen LogP contribution in [0.2, 0.25) is 0 Å². The number of hydrogen-bond acceptors (Lipinski definition) is 2. The molecule has 0 atom stereocenters. The van der Waals surface area contributed by atoms with Gasteiger partial charge in [0.1, 0.15) is 7.85 Å². The summed E-state index contributed by atoms with van der Waals surface area (Å²) >= 11 is 0. The number of ether oxygens (including phenoxy) is 1. The molecule has 2 radical (unpaired) electrons. The lowest BCUT2D eigenvalue weighted by Crippen LogP contribution is -2.11. The smallest absolute Gasteiger partial charge is 0.215 e. The predicted octanol–water partition coefficient (Wildman–Crippen LogP) is 1.78. The van der Waals surface area contributed by atoms with Crippen molar-refractivity contribution in [2.24, 2.45) is 4.99 Å². The minimum atomic E-state index is 0.631. The molecule has 0 fully saturated rings. The quantitative estimate of drug-likeness (QED) is 0.496. The third kappa shape index (κ3) is 1.60. The van der Waals surface area contributed by atoms with Crippen molar-refractivity contribution >= 4 is 13.7 Å². The van der Waals surface area contributed by atoms with Gasteiger partial charge >= 0.3 is 0 Å². The highest BCUT2D eigenvalue weighted by atomic mass is 16.5. The van der Waals surface area contributed by atoms with Crippen molar-refractivity contribution in [2.75, 3.05) is 7.11 Å². The van der Waals surface area contributed by atoms with Crippen molar-refractivity contribution in [3.05, 3.63) is 22.8 Å². The normalized spacial score (nSPS) is 21.2. The topological polar surface area (TPSA) is 21.6 Å². The Labute approximate surface area is 74.4 Å². The highest BCUT2D eigenvalue weighted by Crippen LogP contribution is 2.21. The summed E-state index contributed by atoms with van der Waals surface area (Å²) < 4.78 is 5.08. The van der Waals surface area contributed by atoms with Crippen molar-refractivity contribution in [1.29, 1.82) is 0 Å². The minimum absolute atomic E-state index is 0.631. The van der Waals surface area contributed by atoms with Crippen LogP contribution in [0.15, 0.2) is 27.8 Å². The summed E-state index contributed by atoms with van der Waals surface area (Å²) in [5.41, 5.74) is 2.76. The molecule has 0 saturated carbocycles.